The number of benzene rings is 1. The van der Waals surface area contributed by atoms with Crippen LogP contribution in [0, 0.1) is 36.8 Å². The summed E-state index contributed by atoms with van der Waals surface area (Å²) < 4.78 is 31.8. The maximum atomic E-state index is 13.5. The van der Waals surface area contributed by atoms with E-state index in [0.29, 0.717) is 16.8 Å². The smallest absolute Gasteiger partial charge is 0.306 e. The lowest BCUT2D eigenvalue weighted by Gasteiger charge is -2.11. The molecule has 0 aliphatic carbocycles. The summed E-state index contributed by atoms with van der Waals surface area (Å²) in [4.78, 5) is 37.8. The first-order valence-corrected chi connectivity index (χ1v) is 8.26. The summed E-state index contributed by atoms with van der Waals surface area (Å²) in [5, 5.41) is 11.0. The van der Waals surface area contributed by atoms with Crippen LogP contribution in [0.15, 0.2) is 23.0 Å². The molecule has 7 nitrogen and oxygen atoms in total. The molecule has 1 amide bonds. The number of aromatic nitrogens is 1. The zero-order chi connectivity index (χ0) is 20.8. The number of amides is 1. The van der Waals surface area contributed by atoms with Gasteiger partial charge in [0.2, 0.25) is 0 Å². The number of H-pyrrole nitrogens is 1. The van der Waals surface area contributed by atoms with Gasteiger partial charge in [0, 0.05) is 12.1 Å². The van der Waals surface area contributed by atoms with E-state index >= 15 is 0 Å². The predicted molar refractivity (Wildman–Crippen MR) is 95.5 cm³/mol. The molecule has 0 unspecified atom stereocenters. The summed E-state index contributed by atoms with van der Waals surface area (Å²) in [6.45, 7) is 2.55. The fourth-order valence-corrected chi connectivity index (χ4v) is 2.66. The van der Waals surface area contributed by atoms with Gasteiger partial charge in [-0.05, 0) is 43.5 Å². The summed E-state index contributed by atoms with van der Waals surface area (Å²) in [5.74, 6) is -3.50. The van der Waals surface area contributed by atoms with Gasteiger partial charge in [0.1, 0.15) is 29.0 Å². The number of hydrogen-bond donors (Lipinski definition) is 2. The Morgan fingerprint density at radius 2 is 1.89 bits per heavy atom. The standard InChI is InChI=1S/C19H17F2N3O4/c1-10-12(11(2)23-19(27)13(10)8-22)6-7-17(26)28-9-16(25)24-18-14(20)4-3-5-15(18)21/h3-5H,6-7,9H2,1-2H3,(H,23,27)(H,24,25). The lowest BCUT2D eigenvalue weighted by atomic mass is 9.99. The quantitative estimate of drug-likeness (QED) is 0.736. The van der Waals surface area contributed by atoms with Crippen LogP contribution in [-0.4, -0.2) is 23.5 Å². The fourth-order valence-electron chi connectivity index (χ4n) is 2.66. The second-order valence-corrected chi connectivity index (χ2v) is 5.97. The van der Waals surface area contributed by atoms with Crippen LogP contribution < -0.4 is 10.9 Å². The third-order valence-corrected chi connectivity index (χ3v) is 4.09. The van der Waals surface area contributed by atoms with E-state index in [1.165, 1.54) is 0 Å². The van der Waals surface area contributed by atoms with Crippen molar-refractivity contribution < 1.29 is 23.1 Å². The van der Waals surface area contributed by atoms with Crippen molar-refractivity contribution in [1.29, 1.82) is 5.26 Å². The van der Waals surface area contributed by atoms with Gasteiger partial charge in [-0.2, -0.15) is 5.26 Å². The molecule has 2 aromatic rings. The zero-order valence-electron chi connectivity index (χ0n) is 15.2. The molecule has 146 valence electrons. The monoisotopic (exact) mass is 389 g/mol. The summed E-state index contributed by atoms with van der Waals surface area (Å²) in [5.41, 5.74) is 0.491. The molecule has 0 aliphatic heterocycles. The van der Waals surface area contributed by atoms with Crippen LogP contribution in [0.1, 0.15) is 28.8 Å². The van der Waals surface area contributed by atoms with Crippen LogP contribution >= 0.6 is 0 Å². The van der Waals surface area contributed by atoms with Gasteiger partial charge in [-0.25, -0.2) is 8.78 Å². The van der Waals surface area contributed by atoms with Gasteiger partial charge in [-0.3, -0.25) is 14.4 Å². The second-order valence-electron chi connectivity index (χ2n) is 5.97. The molecule has 2 rings (SSSR count). The van der Waals surface area contributed by atoms with Gasteiger partial charge in [0.25, 0.3) is 11.5 Å². The molecule has 1 aromatic carbocycles. The Morgan fingerprint density at radius 3 is 2.50 bits per heavy atom. The van der Waals surface area contributed by atoms with Gasteiger partial charge in [-0.15, -0.1) is 0 Å². The first kappa shape index (κ1) is 20.8. The van der Waals surface area contributed by atoms with Crippen molar-refractivity contribution in [3.05, 3.63) is 62.6 Å². The van der Waals surface area contributed by atoms with Crippen molar-refractivity contribution in [3.63, 3.8) is 0 Å². The van der Waals surface area contributed by atoms with Crippen LogP contribution in [0.5, 0.6) is 0 Å². The highest BCUT2D eigenvalue weighted by Crippen LogP contribution is 2.18. The molecule has 9 heteroatoms. The zero-order valence-corrected chi connectivity index (χ0v) is 15.2. The summed E-state index contributed by atoms with van der Waals surface area (Å²) >= 11 is 0. The molecule has 0 aliphatic rings. The van der Waals surface area contributed by atoms with E-state index < -0.39 is 41.4 Å². The molecule has 0 fully saturated rings. The van der Waals surface area contributed by atoms with Crippen molar-refractivity contribution in [2.75, 3.05) is 11.9 Å². The molecular weight excluding hydrogens is 372 g/mol. The number of pyridine rings is 1. The number of carbonyl (C=O) groups is 2. The first-order valence-electron chi connectivity index (χ1n) is 8.26. The molecule has 0 radical (unpaired) electrons. The van der Waals surface area contributed by atoms with E-state index in [9.17, 15) is 23.2 Å². The molecule has 1 aromatic heterocycles. The minimum atomic E-state index is -0.947. The average molecular weight is 389 g/mol. The van der Waals surface area contributed by atoms with Crippen LogP contribution in [0.4, 0.5) is 14.5 Å². The SMILES string of the molecule is Cc1[nH]c(=O)c(C#N)c(C)c1CCC(=O)OCC(=O)Nc1c(F)cccc1F. The van der Waals surface area contributed by atoms with Crippen molar-refractivity contribution in [2.24, 2.45) is 0 Å². The number of nitrogens with one attached hydrogen (secondary N) is 2. The molecule has 0 atom stereocenters. The Kier molecular flexibility index (Phi) is 6.60. The molecule has 0 saturated heterocycles. The fraction of sp³-hybridized carbons (Fsp3) is 0.263. The highest BCUT2D eigenvalue weighted by molar-refractivity contribution is 5.93. The van der Waals surface area contributed by atoms with Crippen molar-refractivity contribution in [2.45, 2.75) is 26.7 Å². The first-order chi connectivity index (χ1) is 13.2. The lowest BCUT2D eigenvalue weighted by molar-refractivity contribution is -0.147. The number of aryl methyl sites for hydroxylation is 1. The van der Waals surface area contributed by atoms with Crippen LogP contribution in [-0.2, 0) is 20.7 Å². The number of esters is 1. The topological polar surface area (TPSA) is 112 Å². The highest BCUT2D eigenvalue weighted by atomic mass is 19.1. The van der Waals surface area contributed by atoms with Gasteiger partial charge < -0.3 is 15.0 Å². The summed E-state index contributed by atoms with van der Waals surface area (Å²) in [7, 11) is 0. The molecule has 0 saturated carbocycles. The van der Waals surface area contributed by atoms with E-state index in [0.717, 1.165) is 18.2 Å². The number of rotatable bonds is 6. The molecular formula is C19H17F2N3O4. The Balaban J connectivity index is 1.93. The van der Waals surface area contributed by atoms with Gasteiger partial charge in [-0.1, -0.05) is 6.07 Å². The highest BCUT2D eigenvalue weighted by Gasteiger charge is 2.16. The molecule has 0 spiro atoms. The molecule has 28 heavy (non-hydrogen) atoms. The van der Waals surface area contributed by atoms with E-state index in [2.05, 4.69) is 4.98 Å². The third-order valence-electron chi connectivity index (χ3n) is 4.09. The minimum Gasteiger partial charge on any atom is -0.456 e. The van der Waals surface area contributed by atoms with Crippen LogP contribution in [0.3, 0.4) is 0 Å². The number of halogens is 2. The Morgan fingerprint density at radius 1 is 1.25 bits per heavy atom. The predicted octanol–water partition coefficient (Wildman–Crippen LogP) is 2.26. The second kappa shape index (κ2) is 8.90. The number of hydrogen-bond acceptors (Lipinski definition) is 5. The van der Waals surface area contributed by atoms with Crippen molar-refractivity contribution in [3.8, 4) is 6.07 Å². The Hall–Kier alpha value is -3.54. The van der Waals surface area contributed by atoms with Gasteiger partial charge in [0.05, 0.1) is 0 Å². The van der Waals surface area contributed by atoms with E-state index in [4.69, 9.17) is 10.00 Å². The average Bonchev–Trinajstić information content (AvgIpc) is 2.63. The van der Waals surface area contributed by atoms with E-state index in [1.807, 2.05) is 11.4 Å². The van der Waals surface area contributed by atoms with Gasteiger partial charge in [0.15, 0.2) is 6.61 Å². The maximum absolute atomic E-state index is 13.5. The lowest BCUT2D eigenvalue weighted by Crippen LogP contribution is -2.22. The van der Waals surface area contributed by atoms with Crippen molar-refractivity contribution >= 4 is 17.6 Å². The normalized spacial score (nSPS) is 10.2. The Labute approximate surface area is 158 Å². The van der Waals surface area contributed by atoms with Crippen molar-refractivity contribution in [1.82, 2.24) is 4.98 Å². The van der Waals surface area contributed by atoms with E-state index in [-0.39, 0.29) is 18.4 Å². The molecule has 1 heterocycles. The number of nitriles is 1. The minimum absolute atomic E-state index is 0.0275. The summed E-state index contributed by atoms with van der Waals surface area (Å²) in [6.07, 6.45) is 0.0749. The van der Waals surface area contributed by atoms with E-state index in [1.54, 1.807) is 13.8 Å². The number of ether oxygens (including phenoxy) is 1. The van der Waals surface area contributed by atoms with Gasteiger partial charge >= 0.3 is 5.97 Å². The molecule has 0 bridgehead atoms. The third kappa shape index (κ3) is 4.79. The number of anilines is 1. The Bertz CT molecular complexity index is 1000. The largest absolute Gasteiger partial charge is 0.456 e. The van der Waals surface area contributed by atoms with Crippen LogP contribution in [0.25, 0.3) is 0 Å². The summed E-state index contributed by atoms with van der Waals surface area (Å²) in [6, 6.07) is 4.93. The number of aromatic amines is 1. The number of para-hydroxylation sites is 1. The molecule has 2 N–H and O–H groups in total. The van der Waals surface area contributed by atoms with Crippen LogP contribution in [0.2, 0.25) is 0 Å². The maximum Gasteiger partial charge on any atom is 0.306 e. The number of nitrogens with zero attached hydrogens (tertiary/aromatic N) is 1. The number of carbonyl (C=O) groups excluding carboxylic acids is 2.